The molecule has 0 aromatic heterocycles. The van der Waals surface area contributed by atoms with Gasteiger partial charge in [-0.05, 0) is 24.6 Å². The van der Waals surface area contributed by atoms with Crippen LogP contribution in [-0.2, 0) is 9.59 Å². The van der Waals surface area contributed by atoms with E-state index in [9.17, 15) is 9.59 Å². The fraction of sp³-hybridized carbons (Fsp3) is 0.100. The molecule has 5 N–H and O–H groups in total. The van der Waals surface area contributed by atoms with Crippen LogP contribution in [0.2, 0.25) is 0 Å². The Morgan fingerprint density at radius 3 is 2.62 bits per heavy atom. The van der Waals surface area contributed by atoms with Crippen LogP contribution in [0.15, 0.2) is 29.4 Å². The lowest BCUT2D eigenvalue weighted by molar-refractivity contribution is -0.137. The highest BCUT2D eigenvalue weighted by molar-refractivity contribution is 6.34. The molecule has 0 aliphatic rings. The van der Waals surface area contributed by atoms with Gasteiger partial charge in [-0.25, -0.2) is 5.43 Å². The molecule has 1 rings (SSSR count). The summed E-state index contributed by atoms with van der Waals surface area (Å²) in [5.74, 6) is -2.03. The third-order valence-electron chi connectivity index (χ3n) is 1.85. The minimum absolute atomic E-state index is 0.530. The molecule has 0 saturated carbocycles. The first-order chi connectivity index (χ1) is 7.50. The number of hydrazone groups is 1. The van der Waals surface area contributed by atoms with E-state index >= 15 is 0 Å². The van der Waals surface area contributed by atoms with Crippen LogP contribution >= 0.6 is 0 Å². The van der Waals surface area contributed by atoms with Gasteiger partial charge in [0, 0.05) is 5.69 Å². The predicted octanol–water partition coefficient (Wildman–Crippen LogP) is -0.406. The minimum atomic E-state index is -1.08. The Kier molecular flexibility index (Phi) is 3.60. The Bertz CT molecular complexity index is 454. The average Bonchev–Trinajstić information content (AvgIpc) is 2.25. The number of nitrogens with two attached hydrogens (primary N) is 2. The van der Waals surface area contributed by atoms with Gasteiger partial charge in [-0.3, -0.25) is 9.59 Å². The second kappa shape index (κ2) is 4.92. The fourth-order valence-corrected chi connectivity index (χ4v) is 1.02. The SMILES string of the molecule is C/C(=N\NC(=O)C(N)=O)c1cccc(N)c1. The fourth-order valence-electron chi connectivity index (χ4n) is 1.02. The van der Waals surface area contributed by atoms with Gasteiger partial charge in [0.1, 0.15) is 0 Å². The lowest BCUT2D eigenvalue weighted by atomic mass is 10.1. The normalized spacial score (nSPS) is 10.9. The van der Waals surface area contributed by atoms with E-state index < -0.39 is 11.8 Å². The Labute approximate surface area is 92.3 Å². The van der Waals surface area contributed by atoms with Gasteiger partial charge in [0.2, 0.25) is 0 Å². The molecule has 0 unspecified atom stereocenters. The lowest BCUT2D eigenvalue weighted by Crippen LogP contribution is -2.33. The summed E-state index contributed by atoms with van der Waals surface area (Å²) in [4.78, 5) is 21.3. The van der Waals surface area contributed by atoms with Crippen LogP contribution in [0.3, 0.4) is 0 Å². The number of primary amides is 1. The third-order valence-corrected chi connectivity index (χ3v) is 1.85. The summed E-state index contributed by atoms with van der Waals surface area (Å²) in [6, 6.07) is 6.99. The second-order valence-electron chi connectivity index (χ2n) is 3.13. The van der Waals surface area contributed by atoms with Crippen molar-refractivity contribution in [3.63, 3.8) is 0 Å². The van der Waals surface area contributed by atoms with Gasteiger partial charge >= 0.3 is 11.8 Å². The molecule has 6 heteroatoms. The molecular formula is C10H12N4O2. The molecule has 84 valence electrons. The van der Waals surface area contributed by atoms with Gasteiger partial charge in [-0.1, -0.05) is 12.1 Å². The summed E-state index contributed by atoms with van der Waals surface area (Å²) < 4.78 is 0. The molecule has 0 atom stereocenters. The van der Waals surface area contributed by atoms with Gasteiger partial charge in [-0.2, -0.15) is 5.10 Å². The van der Waals surface area contributed by atoms with E-state index in [1.807, 2.05) is 5.43 Å². The molecular weight excluding hydrogens is 208 g/mol. The Balaban J connectivity index is 2.78. The van der Waals surface area contributed by atoms with Crippen LogP contribution in [0.5, 0.6) is 0 Å². The number of hydrogen-bond acceptors (Lipinski definition) is 4. The summed E-state index contributed by atoms with van der Waals surface area (Å²) in [6.45, 7) is 1.68. The zero-order chi connectivity index (χ0) is 12.1. The molecule has 16 heavy (non-hydrogen) atoms. The maximum Gasteiger partial charge on any atom is 0.329 e. The van der Waals surface area contributed by atoms with Gasteiger partial charge in [-0.15, -0.1) is 0 Å². The zero-order valence-corrected chi connectivity index (χ0v) is 8.73. The zero-order valence-electron chi connectivity index (χ0n) is 8.73. The maximum atomic E-state index is 10.8. The number of carbonyl (C=O) groups excluding carboxylic acids is 2. The van der Waals surface area contributed by atoms with E-state index in [2.05, 4.69) is 5.10 Å². The van der Waals surface area contributed by atoms with Gasteiger partial charge in [0.15, 0.2) is 0 Å². The maximum absolute atomic E-state index is 10.8. The highest BCUT2D eigenvalue weighted by Gasteiger charge is 2.06. The van der Waals surface area contributed by atoms with E-state index in [0.29, 0.717) is 11.4 Å². The molecule has 2 amide bonds. The van der Waals surface area contributed by atoms with Crippen LogP contribution in [-0.4, -0.2) is 17.5 Å². The van der Waals surface area contributed by atoms with Crippen molar-refractivity contribution in [1.82, 2.24) is 5.43 Å². The van der Waals surface area contributed by atoms with Gasteiger partial charge in [0.25, 0.3) is 0 Å². The van der Waals surface area contributed by atoms with E-state index in [0.717, 1.165) is 5.56 Å². The predicted molar refractivity (Wildman–Crippen MR) is 60.4 cm³/mol. The van der Waals surface area contributed by atoms with Crippen molar-refractivity contribution in [2.45, 2.75) is 6.92 Å². The number of carbonyl (C=O) groups is 2. The van der Waals surface area contributed by atoms with Crippen molar-refractivity contribution >= 4 is 23.2 Å². The first-order valence-electron chi connectivity index (χ1n) is 4.50. The van der Waals surface area contributed by atoms with Crippen LogP contribution in [0, 0.1) is 0 Å². The molecule has 0 heterocycles. The van der Waals surface area contributed by atoms with E-state index in [1.54, 1.807) is 31.2 Å². The second-order valence-corrected chi connectivity index (χ2v) is 3.13. The number of amides is 2. The first-order valence-corrected chi connectivity index (χ1v) is 4.50. The molecule has 0 fully saturated rings. The number of benzene rings is 1. The number of hydrogen-bond donors (Lipinski definition) is 3. The smallest absolute Gasteiger partial charge is 0.329 e. The van der Waals surface area contributed by atoms with Crippen molar-refractivity contribution in [1.29, 1.82) is 0 Å². The molecule has 0 saturated heterocycles. The van der Waals surface area contributed by atoms with Gasteiger partial charge < -0.3 is 11.5 Å². The number of nitrogen functional groups attached to an aromatic ring is 1. The Hall–Kier alpha value is -2.37. The molecule has 0 bridgehead atoms. The Morgan fingerprint density at radius 2 is 2.06 bits per heavy atom. The lowest BCUT2D eigenvalue weighted by Gasteiger charge is -2.02. The van der Waals surface area contributed by atoms with Crippen molar-refractivity contribution in [2.75, 3.05) is 5.73 Å². The molecule has 1 aromatic carbocycles. The Morgan fingerprint density at radius 1 is 1.38 bits per heavy atom. The molecule has 0 aliphatic carbocycles. The standard InChI is InChI=1S/C10H12N4O2/c1-6(13-14-10(16)9(12)15)7-3-2-4-8(11)5-7/h2-5H,11H2,1H3,(H2,12,15)(H,14,16)/b13-6+. The molecule has 6 nitrogen and oxygen atoms in total. The summed E-state index contributed by atoms with van der Waals surface area (Å²) in [7, 11) is 0. The summed E-state index contributed by atoms with van der Waals surface area (Å²) in [5, 5.41) is 3.72. The summed E-state index contributed by atoms with van der Waals surface area (Å²) in [5.41, 5.74) is 14.2. The van der Waals surface area contributed by atoms with E-state index in [4.69, 9.17) is 11.5 Å². The molecule has 0 aliphatic heterocycles. The van der Waals surface area contributed by atoms with Crippen LogP contribution in [0.4, 0.5) is 5.69 Å². The average molecular weight is 220 g/mol. The molecule has 1 aromatic rings. The van der Waals surface area contributed by atoms with Crippen molar-refractivity contribution in [3.8, 4) is 0 Å². The molecule has 0 radical (unpaired) electrons. The van der Waals surface area contributed by atoms with E-state index in [1.165, 1.54) is 0 Å². The third kappa shape index (κ3) is 3.09. The highest BCUT2D eigenvalue weighted by atomic mass is 16.2. The number of rotatable bonds is 2. The first kappa shape index (κ1) is 11.7. The molecule has 0 spiro atoms. The number of nitrogens with zero attached hydrogens (tertiary/aromatic N) is 1. The van der Waals surface area contributed by atoms with Crippen molar-refractivity contribution < 1.29 is 9.59 Å². The van der Waals surface area contributed by atoms with Gasteiger partial charge in [0.05, 0.1) is 5.71 Å². The monoisotopic (exact) mass is 220 g/mol. The van der Waals surface area contributed by atoms with E-state index in [-0.39, 0.29) is 0 Å². The summed E-state index contributed by atoms with van der Waals surface area (Å²) in [6.07, 6.45) is 0. The van der Waals surface area contributed by atoms with Crippen molar-refractivity contribution in [2.24, 2.45) is 10.8 Å². The van der Waals surface area contributed by atoms with Crippen molar-refractivity contribution in [3.05, 3.63) is 29.8 Å². The largest absolute Gasteiger partial charge is 0.399 e. The number of nitrogens with one attached hydrogen (secondary N) is 1. The van der Waals surface area contributed by atoms with Crippen LogP contribution < -0.4 is 16.9 Å². The summed E-state index contributed by atoms with van der Waals surface area (Å²) >= 11 is 0. The highest BCUT2D eigenvalue weighted by Crippen LogP contribution is 2.07. The number of anilines is 1. The topological polar surface area (TPSA) is 111 Å². The van der Waals surface area contributed by atoms with Crippen LogP contribution in [0.1, 0.15) is 12.5 Å². The minimum Gasteiger partial charge on any atom is -0.399 e. The van der Waals surface area contributed by atoms with Crippen LogP contribution in [0.25, 0.3) is 0 Å². The quantitative estimate of drug-likeness (QED) is 0.273.